The van der Waals surface area contributed by atoms with E-state index in [4.69, 9.17) is 0 Å². The van der Waals surface area contributed by atoms with Crippen LogP contribution in [0.1, 0.15) is 18.5 Å². The molecule has 0 amide bonds. The summed E-state index contributed by atoms with van der Waals surface area (Å²) in [4.78, 5) is 4.39. The molecule has 2 aromatic carbocycles. The fourth-order valence-corrected chi connectivity index (χ4v) is 2.46. The molecule has 0 aliphatic heterocycles. The lowest BCUT2D eigenvalue weighted by atomic mass is 10.1. The number of nitrogens with one attached hydrogen (secondary N) is 1. The monoisotopic (exact) mass is 280 g/mol. The van der Waals surface area contributed by atoms with Crippen LogP contribution in [-0.2, 0) is 0 Å². The van der Waals surface area contributed by atoms with Crippen LogP contribution in [0.3, 0.4) is 0 Å². The van der Waals surface area contributed by atoms with Crippen LogP contribution >= 0.6 is 0 Å². The highest BCUT2D eigenvalue weighted by Crippen LogP contribution is 2.34. The lowest BCUT2D eigenvalue weighted by Crippen LogP contribution is -2.07. The van der Waals surface area contributed by atoms with Gasteiger partial charge in [-0.05, 0) is 31.2 Å². The van der Waals surface area contributed by atoms with E-state index in [0.717, 1.165) is 16.6 Å². The van der Waals surface area contributed by atoms with Crippen LogP contribution in [0.2, 0.25) is 0 Å². The Bertz CT molecular complexity index is 766. The van der Waals surface area contributed by atoms with Crippen molar-refractivity contribution in [2.75, 3.05) is 5.32 Å². The molecule has 21 heavy (non-hydrogen) atoms. The van der Waals surface area contributed by atoms with Crippen molar-refractivity contribution in [3.63, 3.8) is 0 Å². The van der Waals surface area contributed by atoms with Gasteiger partial charge in [0.15, 0.2) is 0 Å². The zero-order chi connectivity index (χ0) is 14.8. The molecule has 1 unspecified atom stereocenters. The predicted octanol–water partition coefficient (Wildman–Crippen LogP) is 3.82. The Morgan fingerprint density at radius 1 is 1.00 bits per heavy atom. The third-order valence-corrected chi connectivity index (χ3v) is 3.47. The third kappa shape index (κ3) is 2.60. The maximum absolute atomic E-state index is 9.90. The second-order valence-corrected chi connectivity index (χ2v) is 4.99. The lowest BCUT2D eigenvalue weighted by molar-refractivity contribution is 0.434. The van der Waals surface area contributed by atoms with Crippen LogP contribution in [0, 0.1) is 0 Å². The number of para-hydroxylation sites is 1. The van der Waals surface area contributed by atoms with Crippen LogP contribution in [0.25, 0.3) is 10.9 Å². The van der Waals surface area contributed by atoms with Gasteiger partial charge in [-0.2, -0.15) is 0 Å². The van der Waals surface area contributed by atoms with Gasteiger partial charge in [-0.25, -0.2) is 0 Å². The number of phenols is 2. The quantitative estimate of drug-likeness (QED) is 0.682. The zero-order valence-electron chi connectivity index (χ0n) is 11.6. The van der Waals surface area contributed by atoms with Gasteiger partial charge in [-0.15, -0.1) is 0 Å². The molecule has 0 fully saturated rings. The van der Waals surface area contributed by atoms with Crippen LogP contribution in [0.5, 0.6) is 11.5 Å². The molecule has 3 rings (SSSR count). The normalized spacial score (nSPS) is 12.2. The molecular weight excluding hydrogens is 264 g/mol. The van der Waals surface area contributed by atoms with E-state index in [2.05, 4.69) is 10.3 Å². The Kier molecular flexibility index (Phi) is 3.36. The van der Waals surface area contributed by atoms with E-state index in [1.165, 1.54) is 0 Å². The van der Waals surface area contributed by atoms with Gasteiger partial charge >= 0.3 is 0 Å². The minimum Gasteiger partial charge on any atom is -0.507 e. The summed E-state index contributed by atoms with van der Waals surface area (Å²) in [7, 11) is 0. The third-order valence-electron chi connectivity index (χ3n) is 3.47. The second kappa shape index (κ2) is 5.32. The van der Waals surface area contributed by atoms with E-state index < -0.39 is 0 Å². The molecule has 0 spiro atoms. The average Bonchev–Trinajstić information content (AvgIpc) is 2.47. The van der Waals surface area contributed by atoms with E-state index >= 15 is 0 Å². The number of rotatable bonds is 3. The molecule has 1 aromatic heterocycles. The minimum atomic E-state index is -0.242. The number of nitrogens with zero attached hydrogens (tertiary/aromatic N) is 1. The lowest BCUT2D eigenvalue weighted by Gasteiger charge is -2.18. The first kappa shape index (κ1) is 13.2. The molecule has 4 heteroatoms. The standard InChI is InChI=1S/C17H16N2O2/c1-11(17-15(20)7-4-8-16(17)21)19-13-9-12-5-2-3-6-14(12)18-10-13/h2-11,19-21H,1H3. The van der Waals surface area contributed by atoms with Gasteiger partial charge in [-0.3, -0.25) is 4.98 Å². The van der Waals surface area contributed by atoms with Crippen LogP contribution in [0.4, 0.5) is 5.69 Å². The largest absolute Gasteiger partial charge is 0.507 e. The number of pyridine rings is 1. The number of fused-ring (bicyclic) bond motifs is 1. The molecular formula is C17H16N2O2. The van der Waals surface area contributed by atoms with Crippen molar-refractivity contribution in [2.45, 2.75) is 13.0 Å². The molecule has 106 valence electrons. The molecule has 0 bridgehead atoms. The molecule has 4 nitrogen and oxygen atoms in total. The van der Waals surface area contributed by atoms with Crippen molar-refractivity contribution in [3.8, 4) is 11.5 Å². The maximum atomic E-state index is 9.90. The van der Waals surface area contributed by atoms with Crippen molar-refractivity contribution in [2.24, 2.45) is 0 Å². The molecule has 0 aliphatic rings. The Hall–Kier alpha value is -2.75. The van der Waals surface area contributed by atoms with Crippen molar-refractivity contribution in [1.29, 1.82) is 0 Å². The number of aromatic hydroxyl groups is 2. The molecule has 0 saturated carbocycles. The van der Waals surface area contributed by atoms with Crippen LogP contribution < -0.4 is 5.32 Å². The molecule has 0 saturated heterocycles. The first-order valence-electron chi connectivity index (χ1n) is 6.77. The Morgan fingerprint density at radius 2 is 1.71 bits per heavy atom. The average molecular weight is 280 g/mol. The van der Waals surface area contributed by atoms with Crippen molar-refractivity contribution in [1.82, 2.24) is 4.98 Å². The molecule has 3 N–H and O–H groups in total. The fourth-order valence-electron chi connectivity index (χ4n) is 2.46. The highest BCUT2D eigenvalue weighted by molar-refractivity contribution is 5.81. The van der Waals surface area contributed by atoms with Gasteiger partial charge < -0.3 is 15.5 Å². The highest BCUT2D eigenvalue weighted by atomic mass is 16.3. The van der Waals surface area contributed by atoms with Crippen molar-refractivity contribution < 1.29 is 10.2 Å². The maximum Gasteiger partial charge on any atom is 0.124 e. The molecule has 0 aliphatic carbocycles. The number of hydrogen-bond acceptors (Lipinski definition) is 4. The topological polar surface area (TPSA) is 65.4 Å². The Labute approximate surface area is 122 Å². The van der Waals surface area contributed by atoms with Gasteiger partial charge in [0.1, 0.15) is 11.5 Å². The minimum absolute atomic E-state index is 0.0729. The number of aromatic nitrogens is 1. The van der Waals surface area contributed by atoms with Gasteiger partial charge in [0, 0.05) is 5.39 Å². The van der Waals surface area contributed by atoms with E-state index in [0.29, 0.717) is 5.56 Å². The van der Waals surface area contributed by atoms with Crippen LogP contribution in [-0.4, -0.2) is 15.2 Å². The first-order chi connectivity index (χ1) is 10.1. The summed E-state index contributed by atoms with van der Waals surface area (Å²) in [6.07, 6.45) is 1.75. The van der Waals surface area contributed by atoms with E-state index in [-0.39, 0.29) is 17.5 Å². The zero-order valence-corrected chi connectivity index (χ0v) is 11.6. The van der Waals surface area contributed by atoms with Gasteiger partial charge in [0.05, 0.1) is 29.0 Å². The summed E-state index contributed by atoms with van der Waals surface area (Å²) in [6.45, 7) is 1.88. The number of anilines is 1. The highest BCUT2D eigenvalue weighted by Gasteiger charge is 2.15. The molecule has 1 heterocycles. The molecule has 1 atom stereocenters. The summed E-state index contributed by atoms with van der Waals surface area (Å²) < 4.78 is 0. The second-order valence-electron chi connectivity index (χ2n) is 4.99. The number of phenolic OH excluding ortho intramolecular Hbond substituents is 2. The molecule has 3 aromatic rings. The van der Waals surface area contributed by atoms with E-state index in [9.17, 15) is 10.2 Å². The summed E-state index contributed by atoms with van der Waals surface area (Å²) in [6, 6.07) is 14.4. The fraction of sp³-hybridized carbons (Fsp3) is 0.118. The Balaban J connectivity index is 1.91. The summed E-state index contributed by atoms with van der Waals surface area (Å²) in [5, 5.41) is 24.1. The first-order valence-corrected chi connectivity index (χ1v) is 6.77. The SMILES string of the molecule is CC(Nc1cnc2ccccc2c1)c1c(O)cccc1O. The molecule has 0 radical (unpaired) electrons. The van der Waals surface area contributed by atoms with E-state index in [1.807, 2.05) is 37.3 Å². The summed E-state index contributed by atoms with van der Waals surface area (Å²) in [5.41, 5.74) is 2.25. The smallest absolute Gasteiger partial charge is 0.124 e. The van der Waals surface area contributed by atoms with Crippen molar-refractivity contribution in [3.05, 3.63) is 60.3 Å². The van der Waals surface area contributed by atoms with Gasteiger partial charge in [0.2, 0.25) is 0 Å². The number of hydrogen-bond donors (Lipinski definition) is 3. The van der Waals surface area contributed by atoms with E-state index in [1.54, 1.807) is 24.4 Å². The number of benzene rings is 2. The van der Waals surface area contributed by atoms with Gasteiger partial charge in [-0.1, -0.05) is 24.3 Å². The van der Waals surface area contributed by atoms with Gasteiger partial charge in [0.25, 0.3) is 0 Å². The summed E-state index contributed by atoms with van der Waals surface area (Å²) in [5.74, 6) is 0.146. The summed E-state index contributed by atoms with van der Waals surface area (Å²) >= 11 is 0. The van der Waals surface area contributed by atoms with Crippen LogP contribution in [0.15, 0.2) is 54.7 Å². The van der Waals surface area contributed by atoms with Crippen molar-refractivity contribution >= 4 is 16.6 Å². The predicted molar refractivity (Wildman–Crippen MR) is 83.6 cm³/mol. The Morgan fingerprint density at radius 3 is 2.48 bits per heavy atom.